The van der Waals surface area contributed by atoms with Crippen molar-refractivity contribution in [1.82, 2.24) is 20.4 Å². The Balaban J connectivity index is 1.57. The maximum atomic E-state index is 13.5. The van der Waals surface area contributed by atoms with Crippen LogP contribution in [0.5, 0.6) is 5.75 Å². The van der Waals surface area contributed by atoms with Gasteiger partial charge >= 0.3 is 6.09 Å². The first-order valence-electron chi connectivity index (χ1n) is 15.6. The van der Waals surface area contributed by atoms with Crippen molar-refractivity contribution in [1.29, 1.82) is 0 Å². The molecule has 3 rings (SSSR count). The lowest BCUT2D eigenvalue weighted by atomic mass is 9.91. The van der Waals surface area contributed by atoms with E-state index >= 15 is 0 Å². The summed E-state index contributed by atoms with van der Waals surface area (Å²) in [6.07, 6.45) is 8.76. The van der Waals surface area contributed by atoms with E-state index in [-0.39, 0.29) is 24.4 Å². The minimum atomic E-state index is -0.732. The standard InChI is InChI=1S/C32H50N4O6S2/c1-32(2,3)42-31(40)36(22-43-5)19-28(37)34-27(21-44-20-23-9-7-6-8-10-23)29(38)33-25-15-17-35(18-16-25)30(39)24-11-13-26(41-4)14-12-24/h11-14,23,25,27H,6-10,15-22H2,1-5H3,(H,33,38)(H,34,37)/t27-/m0/s1. The fraction of sp³-hybridized carbons (Fsp3) is 0.688. The van der Waals surface area contributed by atoms with Gasteiger partial charge in [0.1, 0.15) is 23.9 Å². The summed E-state index contributed by atoms with van der Waals surface area (Å²) < 4.78 is 10.7. The van der Waals surface area contributed by atoms with Gasteiger partial charge in [0.05, 0.1) is 13.0 Å². The highest BCUT2D eigenvalue weighted by Gasteiger charge is 2.30. The van der Waals surface area contributed by atoms with Crippen LogP contribution in [-0.4, -0.2) is 102 Å². The number of rotatable bonds is 13. The van der Waals surface area contributed by atoms with Crippen molar-refractivity contribution in [2.75, 3.05) is 50.4 Å². The number of carbonyl (C=O) groups is 4. The Morgan fingerprint density at radius 3 is 2.27 bits per heavy atom. The first kappa shape index (κ1) is 35.9. The van der Waals surface area contributed by atoms with Gasteiger partial charge in [-0.2, -0.15) is 11.8 Å². The highest BCUT2D eigenvalue weighted by atomic mass is 32.2. The van der Waals surface area contributed by atoms with Crippen LogP contribution in [0.15, 0.2) is 24.3 Å². The zero-order chi connectivity index (χ0) is 32.1. The number of hydrogen-bond acceptors (Lipinski definition) is 8. The molecule has 0 spiro atoms. The molecule has 1 aliphatic carbocycles. The van der Waals surface area contributed by atoms with Crippen molar-refractivity contribution in [3.63, 3.8) is 0 Å². The number of ether oxygens (including phenoxy) is 2. The van der Waals surface area contributed by atoms with Crippen LogP contribution in [-0.2, 0) is 14.3 Å². The molecule has 2 N–H and O–H groups in total. The van der Waals surface area contributed by atoms with Crippen molar-refractivity contribution in [2.45, 2.75) is 83.4 Å². The minimum absolute atomic E-state index is 0.0403. The van der Waals surface area contributed by atoms with Crippen LogP contribution >= 0.6 is 23.5 Å². The lowest BCUT2D eigenvalue weighted by molar-refractivity contribution is -0.129. The summed E-state index contributed by atoms with van der Waals surface area (Å²) in [5.74, 6) is 2.38. The molecular formula is C32H50N4O6S2. The number of hydrogen-bond donors (Lipinski definition) is 2. The van der Waals surface area contributed by atoms with Crippen molar-refractivity contribution >= 4 is 47.3 Å². The average molecular weight is 651 g/mol. The molecule has 0 unspecified atom stereocenters. The van der Waals surface area contributed by atoms with Gasteiger partial charge in [0.25, 0.3) is 5.91 Å². The third-order valence-electron chi connectivity index (χ3n) is 7.75. The second-order valence-corrected chi connectivity index (χ2v) is 14.5. The number of thioether (sulfide) groups is 2. The summed E-state index contributed by atoms with van der Waals surface area (Å²) in [6, 6.07) is 6.24. The molecule has 4 amide bonds. The quantitative estimate of drug-likeness (QED) is 0.293. The summed E-state index contributed by atoms with van der Waals surface area (Å²) in [4.78, 5) is 55.5. The van der Waals surface area contributed by atoms with Crippen LogP contribution in [0.1, 0.15) is 76.1 Å². The smallest absolute Gasteiger partial charge is 0.411 e. The molecule has 1 aromatic carbocycles. The van der Waals surface area contributed by atoms with E-state index in [0.29, 0.717) is 54.8 Å². The predicted molar refractivity (Wildman–Crippen MR) is 177 cm³/mol. The molecule has 246 valence electrons. The van der Waals surface area contributed by atoms with Gasteiger partial charge in [0, 0.05) is 30.4 Å². The van der Waals surface area contributed by atoms with E-state index in [4.69, 9.17) is 9.47 Å². The van der Waals surface area contributed by atoms with Gasteiger partial charge in [-0.15, -0.1) is 11.8 Å². The van der Waals surface area contributed by atoms with Gasteiger partial charge in [-0.1, -0.05) is 19.3 Å². The number of carbonyl (C=O) groups excluding carboxylic acids is 4. The van der Waals surface area contributed by atoms with Gasteiger partial charge in [-0.3, -0.25) is 19.3 Å². The molecule has 1 aliphatic heterocycles. The molecule has 1 saturated carbocycles. The van der Waals surface area contributed by atoms with Crippen LogP contribution < -0.4 is 15.4 Å². The highest BCUT2D eigenvalue weighted by molar-refractivity contribution is 7.99. The lowest BCUT2D eigenvalue weighted by Gasteiger charge is -2.33. The zero-order valence-corrected chi connectivity index (χ0v) is 28.5. The number of piperidine rings is 1. The maximum Gasteiger partial charge on any atom is 0.411 e. The Kier molecular flexibility index (Phi) is 14.5. The minimum Gasteiger partial charge on any atom is -0.497 e. The Hall–Kier alpha value is -2.60. The van der Waals surface area contributed by atoms with Gasteiger partial charge in [0.2, 0.25) is 11.8 Å². The summed E-state index contributed by atoms with van der Waals surface area (Å²) in [6.45, 7) is 6.22. The normalized spacial score (nSPS) is 17.0. The number of benzene rings is 1. The molecule has 0 aromatic heterocycles. The number of likely N-dealkylation sites (tertiary alicyclic amines) is 1. The Morgan fingerprint density at radius 2 is 1.68 bits per heavy atom. The molecule has 0 bridgehead atoms. The molecule has 1 saturated heterocycles. The molecule has 1 atom stereocenters. The summed E-state index contributed by atoms with van der Waals surface area (Å²) in [7, 11) is 1.59. The number of nitrogens with zero attached hydrogens (tertiary/aromatic N) is 2. The third kappa shape index (κ3) is 12.1. The van der Waals surface area contributed by atoms with Crippen molar-refractivity contribution < 1.29 is 28.7 Å². The first-order chi connectivity index (χ1) is 21.0. The molecule has 1 heterocycles. The van der Waals surface area contributed by atoms with Gasteiger partial charge < -0.3 is 25.0 Å². The molecule has 0 radical (unpaired) electrons. The van der Waals surface area contributed by atoms with Crippen molar-refractivity contribution in [2.24, 2.45) is 5.92 Å². The van der Waals surface area contributed by atoms with Crippen LogP contribution in [0.2, 0.25) is 0 Å². The summed E-state index contributed by atoms with van der Waals surface area (Å²) >= 11 is 3.12. The lowest BCUT2D eigenvalue weighted by Crippen LogP contribution is -2.55. The van der Waals surface area contributed by atoms with Crippen LogP contribution in [0.25, 0.3) is 0 Å². The molecule has 44 heavy (non-hydrogen) atoms. The Labute approximate surface area is 271 Å². The number of amides is 4. The molecule has 10 nitrogen and oxygen atoms in total. The average Bonchev–Trinajstić information content (AvgIpc) is 3.00. The van der Waals surface area contributed by atoms with Gasteiger partial charge in [-0.05, 0) is 88.6 Å². The molecule has 2 aliphatic rings. The summed E-state index contributed by atoms with van der Waals surface area (Å²) in [5, 5.41) is 6.03. The van der Waals surface area contributed by atoms with Crippen LogP contribution in [0.3, 0.4) is 0 Å². The molecule has 2 fully saturated rings. The second-order valence-electron chi connectivity index (χ2n) is 12.6. The monoisotopic (exact) mass is 650 g/mol. The van der Waals surface area contributed by atoms with E-state index in [1.807, 2.05) is 6.26 Å². The molecule has 1 aromatic rings. The third-order valence-corrected chi connectivity index (χ3v) is 9.60. The predicted octanol–water partition coefficient (Wildman–Crippen LogP) is 4.77. The fourth-order valence-corrected chi connectivity index (χ4v) is 7.17. The van der Waals surface area contributed by atoms with Crippen LogP contribution in [0, 0.1) is 5.92 Å². The van der Waals surface area contributed by atoms with E-state index in [1.165, 1.54) is 48.8 Å². The van der Waals surface area contributed by atoms with E-state index in [0.717, 1.165) is 5.75 Å². The fourth-order valence-electron chi connectivity index (χ4n) is 5.39. The molecular weight excluding hydrogens is 601 g/mol. The largest absolute Gasteiger partial charge is 0.497 e. The van der Waals surface area contributed by atoms with Gasteiger partial charge in [0.15, 0.2) is 0 Å². The SMILES string of the molecule is COc1ccc(C(=O)N2CCC(NC(=O)[C@H](CSCC3CCCCC3)NC(=O)CN(CSC)C(=O)OC(C)(C)C)CC2)cc1. The Bertz CT molecular complexity index is 1080. The van der Waals surface area contributed by atoms with Crippen molar-refractivity contribution in [3.05, 3.63) is 29.8 Å². The number of nitrogens with one attached hydrogen (secondary N) is 2. The topological polar surface area (TPSA) is 117 Å². The van der Waals surface area contributed by atoms with E-state index in [2.05, 4.69) is 10.6 Å². The van der Waals surface area contributed by atoms with Gasteiger partial charge in [-0.25, -0.2) is 4.79 Å². The van der Waals surface area contributed by atoms with E-state index < -0.39 is 23.6 Å². The zero-order valence-electron chi connectivity index (χ0n) is 26.9. The van der Waals surface area contributed by atoms with Crippen LogP contribution in [0.4, 0.5) is 4.79 Å². The van der Waals surface area contributed by atoms with E-state index in [9.17, 15) is 19.2 Å². The van der Waals surface area contributed by atoms with Crippen molar-refractivity contribution in [3.8, 4) is 5.75 Å². The van der Waals surface area contributed by atoms with E-state index in [1.54, 1.807) is 68.8 Å². The second kappa shape index (κ2) is 17.8. The highest BCUT2D eigenvalue weighted by Crippen LogP contribution is 2.27. The Morgan fingerprint density at radius 1 is 1.02 bits per heavy atom. The summed E-state index contributed by atoms with van der Waals surface area (Å²) in [5.41, 5.74) is -0.0787. The first-order valence-corrected chi connectivity index (χ1v) is 18.1. The number of methoxy groups -OCH3 is 1. The molecule has 12 heteroatoms. The maximum absolute atomic E-state index is 13.5.